The number of nitrogens with zero attached hydrogens (tertiary/aromatic N) is 4. The number of benzene rings is 1. The van der Waals surface area contributed by atoms with Crippen molar-refractivity contribution in [2.24, 2.45) is 5.92 Å². The van der Waals surface area contributed by atoms with Gasteiger partial charge < -0.3 is 19.1 Å². The third-order valence-corrected chi connectivity index (χ3v) is 6.43. The summed E-state index contributed by atoms with van der Waals surface area (Å²) in [6.45, 7) is 6.75. The third kappa shape index (κ3) is 3.09. The van der Waals surface area contributed by atoms with Crippen LogP contribution in [0.4, 0.5) is 5.69 Å². The average molecular weight is 417 g/mol. The molecular formula is C25H28N4O2. The van der Waals surface area contributed by atoms with E-state index in [1.54, 1.807) is 7.11 Å². The van der Waals surface area contributed by atoms with Gasteiger partial charge in [-0.05, 0) is 54.8 Å². The van der Waals surface area contributed by atoms with Crippen LogP contribution in [0.2, 0.25) is 0 Å². The summed E-state index contributed by atoms with van der Waals surface area (Å²) in [5, 5.41) is 0. The number of aromatic nitrogens is 2. The standard InChI is InChI=1S/C25H28N4O2/c1-18(2)16-29-21-9-5-12-26-23(21)28-13-6-10-22(28)25(29)11-14-27(17-25)24(30)19-7-4-8-20(15-19)31-3/h4-10,12-13,15,18H,11,14,16-17H2,1-3H3/t25-/m1/s1. The molecule has 6 nitrogen and oxygen atoms in total. The summed E-state index contributed by atoms with van der Waals surface area (Å²) >= 11 is 0. The molecule has 1 saturated heterocycles. The largest absolute Gasteiger partial charge is 0.497 e. The molecule has 0 saturated carbocycles. The zero-order valence-electron chi connectivity index (χ0n) is 18.3. The van der Waals surface area contributed by atoms with Gasteiger partial charge in [-0.15, -0.1) is 0 Å². The summed E-state index contributed by atoms with van der Waals surface area (Å²) in [6, 6.07) is 15.9. The molecule has 0 bridgehead atoms. The third-order valence-electron chi connectivity index (χ3n) is 6.43. The molecule has 2 aliphatic rings. The molecule has 4 heterocycles. The number of ether oxygens (including phenoxy) is 1. The second kappa shape index (κ2) is 7.45. The Hall–Kier alpha value is -3.28. The van der Waals surface area contributed by atoms with Gasteiger partial charge in [-0.25, -0.2) is 4.98 Å². The number of methoxy groups -OCH3 is 1. The van der Waals surface area contributed by atoms with E-state index < -0.39 is 0 Å². The van der Waals surface area contributed by atoms with E-state index >= 15 is 0 Å². The lowest BCUT2D eigenvalue weighted by atomic mass is 9.88. The first-order valence-corrected chi connectivity index (χ1v) is 10.9. The fraction of sp³-hybridized carbons (Fsp3) is 0.360. The van der Waals surface area contributed by atoms with Gasteiger partial charge in [0.1, 0.15) is 11.3 Å². The molecule has 1 spiro atoms. The number of carbonyl (C=O) groups is 1. The van der Waals surface area contributed by atoms with Crippen molar-refractivity contribution in [3.05, 3.63) is 72.2 Å². The second-order valence-corrected chi connectivity index (χ2v) is 8.85. The highest BCUT2D eigenvalue weighted by atomic mass is 16.5. The highest BCUT2D eigenvalue weighted by molar-refractivity contribution is 5.95. The molecule has 0 unspecified atom stereocenters. The van der Waals surface area contributed by atoms with E-state index in [-0.39, 0.29) is 11.4 Å². The summed E-state index contributed by atoms with van der Waals surface area (Å²) in [6.07, 6.45) is 4.82. The predicted octanol–water partition coefficient (Wildman–Crippen LogP) is 4.10. The molecule has 2 aromatic heterocycles. The van der Waals surface area contributed by atoms with Crippen LogP contribution in [-0.2, 0) is 5.54 Å². The summed E-state index contributed by atoms with van der Waals surface area (Å²) in [7, 11) is 1.62. The number of hydrogen-bond donors (Lipinski definition) is 0. The Morgan fingerprint density at radius 1 is 1.19 bits per heavy atom. The molecule has 1 atom stereocenters. The number of rotatable bonds is 4. The molecular weight excluding hydrogens is 388 g/mol. The van der Waals surface area contributed by atoms with Gasteiger partial charge in [-0.2, -0.15) is 0 Å². The Labute approximate surface area is 183 Å². The molecule has 1 fully saturated rings. The van der Waals surface area contributed by atoms with Crippen LogP contribution in [0, 0.1) is 5.92 Å². The van der Waals surface area contributed by atoms with Crippen molar-refractivity contribution in [1.82, 2.24) is 14.5 Å². The normalized spacial score (nSPS) is 19.6. The van der Waals surface area contributed by atoms with Crippen molar-refractivity contribution >= 4 is 11.6 Å². The topological polar surface area (TPSA) is 50.6 Å². The second-order valence-electron chi connectivity index (χ2n) is 8.85. The number of amides is 1. The molecule has 31 heavy (non-hydrogen) atoms. The number of anilines is 1. The molecule has 5 rings (SSSR count). The lowest BCUT2D eigenvalue weighted by Crippen LogP contribution is -2.54. The van der Waals surface area contributed by atoms with Crippen molar-refractivity contribution in [3.8, 4) is 11.6 Å². The number of hydrogen-bond acceptors (Lipinski definition) is 4. The molecule has 160 valence electrons. The molecule has 0 aliphatic carbocycles. The number of fused-ring (bicyclic) bond motifs is 4. The smallest absolute Gasteiger partial charge is 0.254 e. The Kier molecular flexibility index (Phi) is 4.73. The first-order chi connectivity index (χ1) is 15.0. The quantitative estimate of drug-likeness (QED) is 0.643. The van der Waals surface area contributed by atoms with E-state index in [0.29, 0.717) is 30.3 Å². The summed E-state index contributed by atoms with van der Waals surface area (Å²) < 4.78 is 7.52. The maximum absolute atomic E-state index is 13.4. The van der Waals surface area contributed by atoms with Crippen LogP contribution in [-0.4, -0.2) is 47.1 Å². The lowest BCUT2D eigenvalue weighted by molar-refractivity contribution is 0.0781. The van der Waals surface area contributed by atoms with Crippen LogP contribution >= 0.6 is 0 Å². The lowest BCUT2D eigenvalue weighted by Gasteiger charge is -2.47. The van der Waals surface area contributed by atoms with Crippen molar-refractivity contribution in [3.63, 3.8) is 0 Å². The molecule has 2 aliphatic heterocycles. The summed E-state index contributed by atoms with van der Waals surface area (Å²) in [5.41, 5.74) is 2.74. The van der Waals surface area contributed by atoms with Crippen LogP contribution in [0.1, 0.15) is 36.3 Å². The van der Waals surface area contributed by atoms with Gasteiger partial charge >= 0.3 is 0 Å². The minimum atomic E-state index is -0.266. The molecule has 6 heteroatoms. The highest BCUT2D eigenvalue weighted by Crippen LogP contribution is 2.47. The Morgan fingerprint density at radius 3 is 2.87 bits per heavy atom. The molecule has 1 aromatic carbocycles. The zero-order valence-corrected chi connectivity index (χ0v) is 18.3. The highest BCUT2D eigenvalue weighted by Gasteiger charge is 2.50. The predicted molar refractivity (Wildman–Crippen MR) is 121 cm³/mol. The van der Waals surface area contributed by atoms with Gasteiger partial charge in [0.25, 0.3) is 5.91 Å². The molecule has 0 radical (unpaired) electrons. The Balaban J connectivity index is 1.56. The van der Waals surface area contributed by atoms with E-state index in [4.69, 9.17) is 9.72 Å². The molecule has 1 amide bonds. The van der Waals surface area contributed by atoms with Gasteiger partial charge in [-0.1, -0.05) is 19.9 Å². The first-order valence-electron chi connectivity index (χ1n) is 10.9. The minimum Gasteiger partial charge on any atom is -0.497 e. The van der Waals surface area contributed by atoms with E-state index in [1.807, 2.05) is 41.4 Å². The van der Waals surface area contributed by atoms with Gasteiger partial charge in [0.05, 0.1) is 18.5 Å². The van der Waals surface area contributed by atoms with E-state index in [1.165, 1.54) is 5.69 Å². The summed E-state index contributed by atoms with van der Waals surface area (Å²) in [5.74, 6) is 2.20. The number of carbonyl (C=O) groups excluding carboxylic acids is 1. The van der Waals surface area contributed by atoms with Crippen LogP contribution in [0.15, 0.2) is 60.9 Å². The van der Waals surface area contributed by atoms with Crippen molar-refractivity contribution in [1.29, 1.82) is 0 Å². The van der Waals surface area contributed by atoms with Crippen LogP contribution < -0.4 is 9.64 Å². The Morgan fingerprint density at radius 2 is 2.06 bits per heavy atom. The molecule has 0 N–H and O–H groups in total. The van der Waals surface area contributed by atoms with Gasteiger partial charge in [0.2, 0.25) is 0 Å². The fourth-order valence-corrected chi connectivity index (χ4v) is 5.07. The van der Waals surface area contributed by atoms with Gasteiger partial charge in [-0.3, -0.25) is 4.79 Å². The molecule has 3 aromatic rings. The van der Waals surface area contributed by atoms with E-state index in [2.05, 4.69) is 47.7 Å². The van der Waals surface area contributed by atoms with E-state index in [0.717, 1.165) is 24.5 Å². The van der Waals surface area contributed by atoms with E-state index in [9.17, 15) is 4.79 Å². The van der Waals surface area contributed by atoms with Crippen LogP contribution in [0.25, 0.3) is 5.82 Å². The van der Waals surface area contributed by atoms with Crippen LogP contribution in [0.5, 0.6) is 5.75 Å². The minimum absolute atomic E-state index is 0.0513. The SMILES string of the molecule is COc1cccc(C(=O)N2CC[C@@]3(C2)c2cccn2-c2ncccc2N3CC(C)C)c1. The monoisotopic (exact) mass is 416 g/mol. The Bertz CT molecular complexity index is 1120. The van der Waals surface area contributed by atoms with Crippen molar-refractivity contribution in [2.45, 2.75) is 25.8 Å². The zero-order chi connectivity index (χ0) is 21.6. The maximum Gasteiger partial charge on any atom is 0.254 e. The van der Waals surface area contributed by atoms with Gasteiger partial charge in [0, 0.05) is 37.6 Å². The van der Waals surface area contributed by atoms with Crippen molar-refractivity contribution in [2.75, 3.05) is 31.6 Å². The maximum atomic E-state index is 13.4. The first kappa shape index (κ1) is 19.7. The van der Waals surface area contributed by atoms with Crippen molar-refractivity contribution < 1.29 is 9.53 Å². The van der Waals surface area contributed by atoms with Crippen LogP contribution in [0.3, 0.4) is 0 Å². The van der Waals surface area contributed by atoms with Gasteiger partial charge in [0.15, 0.2) is 5.82 Å². The fourth-order valence-electron chi connectivity index (χ4n) is 5.07. The number of likely N-dealkylation sites (tertiary alicyclic amines) is 1. The average Bonchev–Trinajstić information content (AvgIpc) is 3.45. The number of pyridine rings is 1. The summed E-state index contributed by atoms with van der Waals surface area (Å²) in [4.78, 5) is 22.6.